The second-order valence-electron chi connectivity index (χ2n) is 6.28. The van der Waals surface area contributed by atoms with Crippen LogP contribution in [0.4, 0.5) is 4.79 Å². The van der Waals surface area contributed by atoms with E-state index in [0.717, 1.165) is 25.8 Å². The van der Waals surface area contributed by atoms with Crippen molar-refractivity contribution in [3.8, 4) is 0 Å². The Balaban J connectivity index is 2.12. The summed E-state index contributed by atoms with van der Waals surface area (Å²) in [7, 11) is 0. The normalized spacial score (nSPS) is 22.5. The SMILES string of the molecule is CCCCCCNC(=O)OC1CCCC(C)(C)C1. The van der Waals surface area contributed by atoms with Gasteiger partial charge in [0.2, 0.25) is 0 Å². The number of alkyl carbamates (subject to hydrolysis) is 1. The second-order valence-corrected chi connectivity index (χ2v) is 6.28. The first-order valence-corrected chi connectivity index (χ1v) is 7.48. The van der Waals surface area contributed by atoms with Gasteiger partial charge in [0, 0.05) is 6.54 Å². The minimum Gasteiger partial charge on any atom is -0.446 e. The molecule has 1 aliphatic carbocycles. The van der Waals surface area contributed by atoms with Gasteiger partial charge in [-0.15, -0.1) is 0 Å². The van der Waals surface area contributed by atoms with E-state index >= 15 is 0 Å². The molecule has 1 fully saturated rings. The number of unbranched alkanes of at least 4 members (excludes halogenated alkanes) is 3. The molecule has 1 aliphatic rings. The third-order valence-corrected chi connectivity index (χ3v) is 3.73. The Kier molecular flexibility index (Phi) is 6.51. The van der Waals surface area contributed by atoms with Crippen molar-refractivity contribution in [3.63, 3.8) is 0 Å². The van der Waals surface area contributed by atoms with Gasteiger partial charge in [-0.2, -0.15) is 0 Å². The molecule has 18 heavy (non-hydrogen) atoms. The molecule has 0 aromatic carbocycles. The Bertz CT molecular complexity index is 251. The number of hydrogen-bond donors (Lipinski definition) is 1. The zero-order valence-electron chi connectivity index (χ0n) is 12.3. The highest BCUT2D eigenvalue weighted by molar-refractivity contribution is 5.67. The van der Waals surface area contributed by atoms with Crippen LogP contribution in [0.1, 0.15) is 72.1 Å². The zero-order valence-corrected chi connectivity index (χ0v) is 12.3. The van der Waals surface area contributed by atoms with Gasteiger partial charge in [-0.05, 0) is 37.5 Å². The highest BCUT2D eigenvalue weighted by Gasteiger charge is 2.29. The fraction of sp³-hybridized carbons (Fsp3) is 0.933. The second kappa shape index (κ2) is 7.65. The minimum absolute atomic E-state index is 0.115. The largest absolute Gasteiger partial charge is 0.446 e. The van der Waals surface area contributed by atoms with E-state index < -0.39 is 0 Å². The first-order chi connectivity index (χ1) is 8.53. The Morgan fingerprint density at radius 3 is 2.78 bits per heavy atom. The van der Waals surface area contributed by atoms with Crippen LogP contribution in [0.5, 0.6) is 0 Å². The van der Waals surface area contributed by atoms with E-state index in [2.05, 4.69) is 26.1 Å². The fourth-order valence-corrected chi connectivity index (χ4v) is 2.66. The molecular weight excluding hydrogens is 226 g/mol. The lowest BCUT2D eigenvalue weighted by Gasteiger charge is -2.34. The molecule has 1 unspecified atom stereocenters. The van der Waals surface area contributed by atoms with Gasteiger partial charge in [0.25, 0.3) is 0 Å². The predicted molar refractivity (Wildman–Crippen MR) is 74.7 cm³/mol. The van der Waals surface area contributed by atoms with E-state index in [1.807, 2.05) is 0 Å². The van der Waals surface area contributed by atoms with Crippen molar-refractivity contribution in [1.29, 1.82) is 0 Å². The summed E-state index contributed by atoms with van der Waals surface area (Å²) >= 11 is 0. The van der Waals surface area contributed by atoms with Gasteiger partial charge in [0.05, 0.1) is 0 Å². The van der Waals surface area contributed by atoms with E-state index in [1.54, 1.807) is 0 Å². The summed E-state index contributed by atoms with van der Waals surface area (Å²) in [5.41, 5.74) is 0.324. The van der Waals surface area contributed by atoms with Crippen LogP contribution in [-0.2, 0) is 4.74 Å². The van der Waals surface area contributed by atoms with Crippen molar-refractivity contribution in [2.45, 2.75) is 78.2 Å². The number of hydrogen-bond acceptors (Lipinski definition) is 2. The number of nitrogens with one attached hydrogen (secondary N) is 1. The van der Waals surface area contributed by atoms with Crippen molar-refractivity contribution >= 4 is 6.09 Å². The highest BCUT2D eigenvalue weighted by atomic mass is 16.6. The van der Waals surface area contributed by atoms with Crippen molar-refractivity contribution in [2.75, 3.05) is 6.54 Å². The lowest BCUT2D eigenvalue weighted by molar-refractivity contribution is 0.0381. The molecule has 106 valence electrons. The molecule has 3 nitrogen and oxygen atoms in total. The van der Waals surface area contributed by atoms with Crippen molar-refractivity contribution in [2.24, 2.45) is 5.41 Å². The van der Waals surface area contributed by atoms with E-state index in [-0.39, 0.29) is 12.2 Å². The van der Waals surface area contributed by atoms with Crippen molar-refractivity contribution in [1.82, 2.24) is 5.32 Å². The molecule has 1 N–H and O–H groups in total. The van der Waals surface area contributed by atoms with Gasteiger partial charge in [0.15, 0.2) is 0 Å². The highest BCUT2D eigenvalue weighted by Crippen LogP contribution is 2.36. The van der Waals surface area contributed by atoms with Crippen LogP contribution in [0.3, 0.4) is 0 Å². The average molecular weight is 255 g/mol. The number of rotatable bonds is 6. The first kappa shape index (κ1) is 15.3. The molecule has 0 aromatic rings. The van der Waals surface area contributed by atoms with Gasteiger partial charge in [-0.3, -0.25) is 0 Å². The smallest absolute Gasteiger partial charge is 0.407 e. The molecule has 1 amide bonds. The van der Waals surface area contributed by atoms with Gasteiger partial charge in [-0.1, -0.05) is 40.0 Å². The predicted octanol–water partition coefficient (Wildman–Crippen LogP) is 4.26. The molecule has 1 saturated carbocycles. The molecule has 0 radical (unpaired) electrons. The Morgan fingerprint density at radius 1 is 1.33 bits per heavy atom. The minimum atomic E-state index is -0.228. The molecular formula is C15H29NO2. The molecule has 0 heterocycles. The number of ether oxygens (including phenoxy) is 1. The summed E-state index contributed by atoms with van der Waals surface area (Å²) in [6.07, 6.45) is 9.02. The van der Waals surface area contributed by atoms with Crippen molar-refractivity contribution < 1.29 is 9.53 Å². The molecule has 1 rings (SSSR count). The molecule has 0 aromatic heterocycles. The fourth-order valence-electron chi connectivity index (χ4n) is 2.66. The summed E-state index contributed by atoms with van der Waals surface area (Å²) in [4.78, 5) is 11.6. The van der Waals surface area contributed by atoms with Crippen LogP contribution in [0, 0.1) is 5.41 Å². The lowest BCUT2D eigenvalue weighted by Crippen LogP contribution is -2.34. The Hall–Kier alpha value is -0.730. The molecule has 0 spiro atoms. The van der Waals surface area contributed by atoms with Crippen LogP contribution >= 0.6 is 0 Å². The van der Waals surface area contributed by atoms with Gasteiger partial charge in [-0.25, -0.2) is 4.79 Å². The number of amides is 1. The summed E-state index contributed by atoms with van der Waals surface area (Å²) < 4.78 is 5.48. The van der Waals surface area contributed by atoms with Crippen LogP contribution in [-0.4, -0.2) is 18.7 Å². The lowest BCUT2D eigenvalue weighted by atomic mass is 9.76. The third kappa shape index (κ3) is 6.27. The van der Waals surface area contributed by atoms with Gasteiger partial charge < -0.3 is 10.1 Å². The molecule has 0 saturated heterocycles. The number of carbonyl (C=O) groups is 1. The molecule has 1 atom stereocenters. The zero-order chi connectivity index (χ0) is 13.4. The molecule has 0 bridgehead atoms. The maximum atomic E-state index is 11.6. The summed E-state index contributed by atoms with van der Waals surface area (Å²) in [6.45, 7) is 7.44. The van der Waals surface area contributed by atoms with E-state index in [0.29, 0.717) is 5.41 Å². The standard InChI is InChI=1S/C15H29NO2/c1-4-5-6-7-11-16-14(17)18-13-9-8-10-15(2,3)12-13/h13H,4-12H2,1-3H3,(H,16,17). The van der Waals surface area contributed by atoms with Crippen LogP contribution in [0.2, 0.25) is 0 Å². The van der Waals surface area contributed by atoms with Gasteiger partial charge >= 0.3 is 6.09 Å². The average Bonchev–Trinajstić information content (AvgIpc) is 2.27. The topological polar surface area (TPSA) is 38.3 Å². The van der Waals surface area contributed by atoms with Crippen LogP contribution in [0.25, 0.3) is 0 Å². The first-order valence-electron chi connectivity index (χ1n) is 7.48. The molecule has 3 heteroatoms. The van der Waals surface area contributed by atoms with E-state index in [4.69, 9.17) is 4.74 Å². The van der Waals surface area contributed by atoms with Crippen molar-refractivity contribution in [3.05, 3.63) is 0 Å². The van der Waals surface area contributed by atoms with Crippen LogP contribution < -0.4 is 5.32 Å². The quantitative estimate of drug-likeness (QED) is 0.720. The Labute approximate surface area is 112 Å². The Morgan fingerprint density at radius 2 is 2.11 bits per heavy atom. The molecule has 0 aliphatic heterocycles. The summed E-state index contributed by atoms with van der Waals surface area (Å²) in [5.74, 6) is 0. The van der Waals surface area contributed by atoms with E-state index in [9.17, 15) is 4.79 Å². The van der Waals surface area contributed by atoms with E-state index in [1.165, 1.54) is 32.1 Å². The summed E-state index contributed by atoms with van der Waals surface area (Å²) in [5, 5.41) is 2.86. The number of carbonyl (C=O) groups excluding carboxylic acids is 1. The third-order valence-electron chi connectivity index (χ3n) is 3.73. The maximum absolute atomic E-state index is 11.6. The van der Waals surface area contributed by atoms with Crippen LogP contribution in [0.15, 0.2) is 0 Å². The maximum Gasteiger partial charge on any atom is 0.407 e. The monoisotopic (exact) mass is 255 g/mol. The van der Waals surface area contributed by atoms with Gasteiger partial charge in [0.1, 0.15) is 6.10 Å². The summed E-state index contributed by atoms with van der Waals surface area (Å²) in [6, 6.07) is 0.